The molecule has 0 aliphatic heterocycles. The molecule has 0 fully saturated rings. The average molecular weight is 199 g/mol. The fourth-order valence-electron chi connectivity index (χ4n) is 1.10. The van der Waals surface area contributed by atoms with Crippen LogP contribution in [-0.2, 0) is 9.59 Å². The van der Waals surface area contributed by atoms with E-state index in [9.17, 15) is 9.59 Å². The molecule has 82 valence electrons. The van der Waals surface area contributed by atoms with Gasteiger partial charge < -0.3 is 5.32 Å². The first-order valence-corrected chi connectivity index (χ1v) is 5.29. The van der Waals surface area contributed by atoms with Crippen molar-refractivity contribution in [2.75, 3.05) is 0 Å². The van der Waals surface area contributed by atoms with E-state index in [-0.39, 0.29) is 23.7 Å². The molecule has 0 heterocycles. The van der Waals surface area contributed by atoms with Crippen LogP contribution in [0.1, 0.15) is 47.0 Å². The van der Waals surface area contributed by atoms with Crippen LogP contribution >= 0.6 is 0 Å². The molecule has 0 rings (SSSR count). The normalized spacial score (nSPS) is 12.6. The predicted octanol–water partition coefficient (Wildman–Crippen LogP) is 1.91. The summed E-state index contributed by atoms with van der Waals surface area (Å²) in [5, 5.41) is 2.76. The van der Waals surface area contributed by atoms with E-state index in [1.165, 1.54) is 0 Å². The van der Waals surface area contributed by atoms with Gasteiger partial charge in [0, 0.05) is 24.8 Å². The van der Waals surface area contributed by atoms with E-state index >= 15 is 0 Å². The van der Waals surface area contributed by atoms with Crippen LogP contribution in [0.3, 0.4) is 0 Å². The third-order valence-corrected chi connectivity index (χ3v) is 2.21. The van der Waals surface area contributed by atoms with Crippen LogP contribution in [0.2, 0.25) is 0 Å². The highest BCUT2D eigenvalue weighted by Crippen LogP contribution is 2.06. The molecule has 3 nitrogen and oxygen atoms in total. The number of carbonyl (C=O) groups is 2. The van der Waals surface area contributed by atoms with E-state index in [1.54, 1.807) is 0 Å². The smallest absolute Gasteiger partial charge is 0.220 e. The lowest BCUT2D eigenvalue weighted by Gasteiger charge is -2.09. The highest BCUT2D eigenvalue weighted by molar-refractivity contribution is 5.86. The van der Waals surface area contributed by atoms with Gasteiger partial charge in [-0.25, -0.2) is 0 Å². The Bertz CT molecular complexity index is 199. The topological polar surface area (TPSA) is 46.2 Å². The fourth-order valence-corrected chi connectivity index (χ4v) is 1.10. The SMILES string of the molecule is CCC(C)C(=O)CCC(=O)NC(C)C. The molecule has 14 heavy (non-hydrogen) atoms. The summed E-state index contributed by atoms with van der Waals surface area (Å²) in [5.41, 5.74) is 0. The fraction of sp³-hybridized carbons (Fsp3) is 0.818. The van der Waals surface area contributed by atoms with Crippen molar-refractivity contribution in [1.29, 1.82) is 0 Å². The minimum Gasteiger partial charge on any atom is -0.354 e. The molecule has 0 spiro atoms. The molecule has 0 aromatic heterocycles. The second-order valence-electron chi connectivity index (χ2n) is 4.00. The number of rotatable bonds is 6. The van der Waals surface area contributed by atoms with Gasteiger partial charge in [0.05, 0.1) is 0 Å². The molecule has 0 radical (unpaired) electrons. The molecule has 1 N–H and O–H groups in total. The van der Waals surface area contributed by atoms with Crippen LogP contribution in [0, 0.1) is 5.92 Å². The molecule has 0 bridgehead atoms. The van der Waals surface area contributed by atoms with Gasteiger partial charge in [-0.2, -0.15) is 0 Å². The molecule has 0 aliphatic carbocycles. The Kier molecular flexibility index (Phi) is 6.17. The summed E-state index contributed by atoms with van der Waals surface area (Å²) in [7, 11) is 0. The molecular formula is C11H21NO2. The van der Waals surface area contributed by atoms with Gasteiger partial charge in [0.2, 0.25) is 5.91 Å². The summed E-state index contributed by atoms with van der Waals surface area (Å²) in [5.74, 6) is 0.241. The van der Waals surface area contributed by atoms with Crippen LogP contribution < -0.4 is 5.32 Å². The zero-order valence-electron chi connectivity index (χ0n) is 9.59. The quantitative estimate of drug-likeness (QED) is 0.710. The summed E-state index contributed by atoms with van der Waals surface area (Å²) in [6.07, 6.45) is 1.54. The lowest BCUT2D eigenvalue weighted by atomic mass is 10.00. The van der Waals surface area contributed by atoms with Gasteiger partial charge in [-0.15, -0.1) is 0 Å². The van der Waals surface area contributed by atoms with Crippen LogP contribution in [-0.4, -0.2) is 17.7 Å². The summed E-state index contributed by atoms with van der Waals surface area (Å²) in [4.78, 5) is 22.6. The van der Waals surface area contributed by atoms with Crippen molar-refractivity contribution in [2.24, 2.45) is 5.92 Å². The third kappa shape index (κ3) is 5.73. The minimum atomic E-state index is -0.0309. The van der Waals surface area contributed by atoms with Crippen molar-refractivity contribution in [3.63, 3.8) is 0 Å². The predicted molar refractivity (Wildman–Crippen MR) is 57.0 cm³/mol. The number of hydrogen-bond acceptors (Lipinski definition) is 2. The summed E-state index contributed by atoms with van der Waals surface area (Å²) < 4.78 is 0. The first-order chi connectivity index (χ1) is 6.47. The van der Waals surface area contributed by atoms with Crippen molar-refractivity contribution in [2.45, 2.75) is 53.0 Å². The van der Waals surface area contributed by atoms with Crippen LogP contribution in [0.5, 0.6) is 0 Å². The van der Waals surface area contributed by atoms with Crippen LogP contribution in [0.25, 0.3) is 0 Å². The first kappa shape index (κ1) is 13.1. The summed E-state index contributed by atoms with van der Waals surface area (Å²) in [6, 6.07) is 0.154. The highest BCUT2D eigenvalue weighted by atomic mass is 16.2. The lowest BCUT2D eigenvalue weighted by Crippen LogP contribution is -2.30. The molecule has 0 aromatic rings. The molecule has 3 heteroatoms. The maximum atomic E-state index is 11.4. The Morgan fingerprint density at radius 2 is 1.71 bits per heavy atom. The van der Waals surface area contributed by atoms with Crippen LogP contribution in [0.15, 0.2) is 0 Å². The number of Topliss-reactive ketones (excluding diaryl/α,β-unsaturated/α-hetero) is 1. The van der Waals surface area contributed by atoms with Gasteiger partial charge >= 0.3 is 0 Å². The van der Waals surface area contributed by atoms with E-state index < -0.39 is 0 Å². The van der Waals surface area contributed by atoms with Gasteiger partial charge in [0.15, 0.2) is 0 Å². The Balaban J connectivity index is 3.72. The molecule has 1 atom stereocenters. The van der Waals surface area contributed by atoms with E-state index in [2.05, 4.69) is 5.32 Å². The Labute approximate surface area is 86.3 Å². The Morgan fingerprint density at radius 1 is 1.14 bits per heavy atom. The number of ketones is 1. The monoisotopic (exact) mass is 199 g/mol. The van der Waals surface area contributed by atoms with Gasteiger partial charge in [-0.1, -0.05) is 13.8 Å². The molecule has 0 saturated heterocycles. The number of amides is 1. The minimum absolute atomic E-state index is 0.0309. The summed E-state index contributed by atoms with van der Waals surface area (Å²) in [6.45, 7) is 7.71. The maximum Gasteiger partial charge on any atom is 0.220 e. The molecule has 0 aromatic carbocycles. The van der Waals surface area contributed by atoms with Crippen molar-refractivity contribution in [3.05, 3.63) is 0 Å². The molecule has 1 amide bonds. The van der Waals surface area contributed by atoms with Gasteiger partial charge in [-0.3, -0.25) is 9.59 Å². The van der Waals surface area contributed by atoms with E-state index in [1.807, 2.05) is 27.7 Å². The van der Waals surface area contributed by atoms with E-state index in [0.717, 1.165) is 6.42 Å². The standard InChI is InChI=1S/C11H21NO2/c1-5-9(4)10(13)6-7-11(14)12-8(2)3/h8-9H,5-7H2,1-4H3,(H,12,14). The summed E-state index contributed by atoms with van der Waals surface area (Å²) >= 11 is 0. The van der Waals surface area contributed by atoms with Crippen molar-refractivity contribution in [3.8, 4) is 0 Å². The van der Waals surface area contributed by atoms with Gasteiger partial charge in [0.25, 0.3) is 0 Å². The zero-order valence-corrected chi connectivity index (χ0v) is 9.59. The number of carbonyl (C=O) groups excluding carboxylic acids is 2. The number of nitrogens with one attached hydrogen (secondary N) is 1. The lowest BCUT2D eigenvalue weighted by molar-refractivity contribution is -0.127. The van der Waals surface area contributed by atoms with Gasteiger partial charge in [0.1, 0.15) is 5.78 Å². The maximum absolute atomic E-state index is 11.4. The second-order valence-corrected chi connectivity index (χ2v) is 4.00. The third-order valence-electron chi connectivity index (χ3n) is 2.21. The highest BCUT2D eigenvalue weighted by Gasteiger charge is 2.12. The molecular weight excluding hydrogens is 178 g/mol. The largest absolute Gasteiger partial charge is 0.354 e. The van der Waals surface area contributed by atoms with Crippen molar-refractivity contribution >= 4 is 11.7 Å². The van der Waals surface area contributed by atoms with E-state index in [0.29, 0.717) is 12.8 Å². The van der Waals surface area contributed by atoms with E-state index in [4.69, 9.17) is 0 Å². The van der Waals surface area contributed by atoms with Gasteiger partial charge in [-0.05, 0) is 20.3 Å². The molecule has 1 unspecified atom stereocenters. The Hall–Kier alpha value is -0.860. The first-order valence-electron chi connectivity index (χ1n) is 5.29. The van der Waals surface area contributed by atoms with Crippen LogP contribution in [0.4, 0.5) is 0 Å². The van der Waals surface area contributed by atoms with Crippen molar-refractivity contribution in [1.82, 2.24) is 5.32 Å². The zero-order chi connectivity index (χ0) is 11.1. The second kappa shape index (κ2) is 6.57. The average Bonchev–Trinajstić information content (AvgIpc) is 2.11. The van der Waals surface area contributed by atoms with Crippen molar-refractivity contribution < 1.29 is 9.59 Å². The Morgan fingerprint density at radius 3 is 2.14 bits per heavy atom. The number of hydrogen-bond donors (Lipinski definition) is 1. The molecule has 0 aliphatic rings. The molecule has 0 saturated carbocycles.